The molecule has 0 bridgehead atoms. The van der Waals surface area contributed by atoms with Gasteiger partial charge < -0.3 is 20.3 Å². The molecule has 1 aliphatic carbocycles. The van der Waals surface area contributed by atoms with Crippen LogP contribution in [-0.2, 0) is 9.53 Å². The molecule has 1 aliphatic rings. The normalized spacial score (nSPS) is 12.9. The van der Waals surface area contributed by atoms with E-state index < -0.39 is 42.0 Å². The molecule has 0 fully saturated rings. The molecule has 0 aliphatic heterocycles. The highest BCUT2D eigenvalue weighted by Crippen LogP contribution is 2.44. The van der Waals surface area contributed by atoms with Crippen LogP contribution in [0.2, 0.25) is 0 Å². The summed E-state index contributed by atoms with van der Waals surface area (Å²) in [6.07, 6.45) is -1.02. The lowest BCUT2D eigenvalue weighted by molar-refractivity contribution is -0.139. The van der Waals surface area contributed by atoms with E-state index in [2.05, 4.69) is 10.6 Å². The predicted octanol–water partition coefficient (Wildman–Crippen LogP) is 3.75. The number of amides is 2. The first-order chi connectivity index (χ1) is 16.9. The topological polar surface area (TPSA) is 125 Å². The summed E-state index contributed by atoms with van der Waals surface area (Å²) in [6.45, 7) is -0.390. The molecule has 3 aromatic rings. The molecule has 1 atom stereocenters. The zero-order valence-corrected chi connectivity index (χ0v) is 18.5. The zero-order chi connectivity index (χ0) is 24.9. The van der Waals surface area contributed by atoms with Crippen molar-refractivity contribution in [2.24, 2.45) is 0 Å². The highest BCUT2D eigenvalue weighted by Gasteiger charge is 2.29. The number of ether oxygens (including phenoxy) is 1. The number of carbonyl (C=O) groups is 3. The van der Waals surface area contributed by atoms with Crippen LogP contribution in [-0.4, -0.2) is 47.4 Å². The molecule has 1 unspecified atom stereocenters. The van der Waals surface area contributed by atoms with E-state index in [-0.39, 0.29) is 24.6 Å². The van der Waals surface area contributed by atoms with Gasteiger partial charge in [-0.05, 0) is 40.5 Å². The second-order valence-electron chi connectivity index (χ2n) is 8.02. The van der Waals surface area contributed by atoms with Gasteiger partial charge in [0.15, 0.2) is 0 Å². The lowest BCUT2D eigenvalue weighted by Gasteiger charge is -2.16. The Morgan fingerprint density at radius 3 is 2.20 bits per heavy atom. The van der Waals surface area contributed by atoms with Gasteiger partial charge in [-0.15, -0.1) is 0 Å². The Labute approximate surface area is 200 Å². The third-order valence-corrected chi connectivity index (χ3v) is 5.82. The van der Waals surface area contributed by atoms with E-state index >= 15 is 0 Å². The Kier molecular flexibility index (Phi) is 7.07. The van der Waals surface area contributed by atoms with Gasteiger partial charge in [0.25, 0.3) is 5.91 Å². The number of fused-ring (bicyclic) bond motifs is 3. The quantitative estimate of drug-likeness (QED) is 0.391. The summed E-state index contributed by atoms with van der Waals surface area (Å²) in [5, 5.41) is 22.7. The number of rotatable bonds is 8. The van der Waals surface area contributed by atoms with Crippen LogP contribution in [0.15, 0.2) is 66.7 Å². The van der Waals surface area contributed by atoms with E-state index in [1.165, 1.54) is 6.07 Å². The number of carboxylic acids is 1. The van der Waals surface area contributed by atoms with Crippen molar-refractivity contribution in [2.75, 3.05) is 18.5 Å². The van der Waals surface area contributed by atoms with E-state index in [9.17, 15) is 18.8 Å². The third kappa shape index (κ3) is 5.15. The first-order valence-electron chi connectivity index (χ1n) is 10.9. The first kappa shape index (κ1) is 23.9. The molecule has 35 heavy (non-hydrogen) atoms. The number of aliphatic hydroxyl groups is 1. The fourth-order valence-corrected chi connectivity index (χ4v) is 4.15. The maximum atomic E-state index is 14.2. The molecule has 0 aromatic heterocycles. The van der Waals surface area contributed by atoms with Crippen molar-refractivity contribution in [3.05, 3.63) is 89.2 Å². The lowest BCUT2D eigenvalue weighted by Crippen LogP contribution is -2.41. The van der Waals surface area contributed by atoms with Crippen molar-refractivity contribution in [3.63, 3.8) is 0 Å². The van der Waals surface area contributed by atoms with Gasteiger partial charge in [0.2, 0.25) is 0 Å². The molecule has 2 amide bonds. The van der Waals surface area contributed by atoms with Gasteiger partial charge in [-0.1, -0.05) is 48.5 Å². The highest BCUT2D eigenvalue weighted by molar-refractivity contribution is 5.98. The number of aliphatic hydroxyl groups excluding tert-OH is 1. The number of hydrogen-bond acceptors (Lipinski definition) is 5. The maximum Gasteiger partial charge on any atom is 0.411 e. The lowest BCUT2D eigenvalue weighted by atomic mass is 9.98. The summed E-state index contributed by atoms with van der Waals surface area (Å²) in [5.41, 5.74) is 3.93. The van der Waals surface area contributed by atoms with Crippen molar-refractivity contribution < 1.29 is 33.7 Å². The Bertz CT molecular complexity index is 1230. The van der Waals surface area contributed by atoms with Gasteiger partial charge in [0, 0.05) is 24.6 Å². The van der Waals surface area contributed by atoms with Crippen molar-refractivity contribution >= 4 is 23.7 Å². The zero-order valence-electron chi connectivity index (χ0n) is 18.5. The average molecular weight is 478 g/mol. The van der Waals surface area contributed by atoms with E-state index in [0.717, 1.165) is 34.4 Å². The second-order valence-corrected chi connectivity index (χ2v) is 8.02. The Morgan fingerprint density at radius 2 is 1.60 bits per heavy atom. The van der Waals surface area contributed by atoms with E-state index in [1.807, 2.05) is 48.5 Å². The van der Waals surface area contributed by atoms with Gasteiger partial charge >= 0.3 is 12.1 Å². The van der Waals surface area contributed by atoms with Crippen LogP contribution in [0.1, 0.15) is 33.8 Å². The molecular weight excluding hydrogens is 455 g/mol. The van der Waals surface area contributed by atoms with Gasteiger partial charge in [-0.25, -0.2) is 14.0 Å². The highest BCUT2D eigenvalue weighted by atomic mass is 19.1. The minimum absolute atomic E-state index is 0.0792. The van der Waals surface area contributed by atoms with Crippen LogP contribution < -0.4 is 10.6 Å². The molecule has 0 spiro atoms. The van der Waals surface area contributed by atoms with Crippen molar-refractivity contribution in [2.45, 2.75) is 18.4 Å². The standard InChI is InChI=1S/C26H23FN2O6/c27-22-10-9-15(13-20(22)24(31)29-23(11-12-30)25(32)33)28-26(34)35-14-21-18-7-3-1-5-16(18)17-6-2-4-8-19(17)21/h1-10,13,21,23,30H,11-12,14H2,(H,28,34)(H,29,31)(H,32,33). The molecule has 9 heteroatoms. The van der Waals surface area contributed by atoms with Crippen LogP contribution in [0.4, 0.5) is 14.9 Å². The molecule has 0 saturated carbocycles. The number of carboxylic acid groups (broad SMARTS) is 1. The number of hydrogen-bond donors (Lipinski definition) is 4. The fraction of sp³-hybridized carbons (Fsp3) is 0.192. The van der Waals surface area contributed by atoms with Crippen molar-refractivity contribution in [3.8, 4) is 11.1 Å². The van der Waals surface area contributed by atoms with Crippen LogP contribution in [0, 0.1) is 5.82 Å². The van der Waals surface area contributed by atoms with E-state index in [4.69, 9.17) is 14.9 Å². The van der Waals surface area contributed by atoms with E-state index in [0.29, 0.717) is 0 Å². The van der Waals surface area contributed by atoms with Crippen molar-refractivity contribution in [1.29, 1.82) is 0 Å². The Morgan fingerprint density at radius 1 is 0.971 bits per heavy atom. The molecular formula is C26H23FN2O6. The molecule has 4 N–H and O–H groups in total. The molecule has 180 valence electrons. The Hall–Kier alpha value is -4.24. The average Bonchev–Trinajstić information content (AvgIpc) is 3.17. The molecule has 4 rings (SSSR count). The number of aliphatic carboxylic acids is 1. The number of nitrogens with one attached hydrogen (secondary N) is 2. The van der Waals surface area contributed by atoms with Crippen molar-refractivity contribution in [1.82, 2.24) is 5.32 Å². The van der Waals surface area contributed by atoms with Crippen LogP contribution in [0.5, 0.6) is 0 Å². The minimum Gasteiger partial charge on any atom is -0.480 e. The molecule has 0 heterocycles. The summed E-state index contributed by atoms with van der Waals surface area (Å²) in [6, 6.07) is 17.7. The smallest absolute Gasteiger partial charge is 0.411 e. The fourth-order valence-electron chi connectivity index (χ4n) is 4.15. The van der Waals surface area contributed by atoms with Crippen LogP contribution in [0.3, 0.4) is 0 Å². The van der Waals surface area contributed by atoms with Gasteiger partial charge in [-0.3, -0.25) is 10.1 Å². The maximum absolute atomic E-state index is 14.2. The van der Waals surface area contributed by atoms with E-state index in [1.54, 1.807) is 0 Å². The number of benzene rings is 3. The summed E-state index contributed by atoms with van der Waals surface area (Å²) in [5.74, 6) is -3.38. The van der Waals surface area contributed by atoms with Gasteiger partial charge in [0.05, 0.1) is 5.56 Å². The summed E-state index contributed by atoms with van der Waals surface area (Å²) < 4.78 is 19.7. The first-order valence-corrected chi connectivity index (χ1v) is 10.9. The minimum atomic E-state index is -1.38. The largest absolute Gasteiger partial charge is 0.480 e. The SMILES string of the molecule is O=C(Nc1ccc(F)c(C(=O)NC(CCO)C(=O)O)c1)OCC1c2ccccc2-c2ccccc21. The summed E-state index contributed by atoms with van der Waals surface area (Å²) in [4.78, 5) is 36.1. The molecule has 0 radical (unpaired) electrons. The summed E-state index contributed by atoms with van der Waals surface area (Å²) >= 11 is 0. The Balaban J connectivity index is 1.43. The molecule has 8 nitrogen and oxygen atoms in total. The number of halogens is 1. The summed E-state index contributed by atoms with van der Waals surface area (Å²) in [7, 11) is 0. The van der Waals surface area contributed by atoms with Gasteiger partial charge in [-0.2, -0.15) is 0 Å². The van der Waals surface area contributed by atoms with Crippen LogP contribution in [0.25, 0.3) is 11.1 Å². The number of anilines is 1. The molecule has 0 saturated heterocycles. The monoisotopic (exact) mass is 478 g/mol. The number of carbonyl (C=O) groups excluding carboxylic acids is 2. The molecule has 3 aromatic carbocycles. The third-order valence-electron chi connectivity index (χ3n) is 5.82. The predicted molar refractivity (Wildman–Crippen MR) is 126 cm³/mol. The second kappa shape index (κ2) is 10.4. The van der Waals surface area contributed by atoms with Gasteiger partial charge in [0.1, 0.15) is 18.5 Å². The van der Waals surface area contributed by atoms with Crippen LogP contribution >= 0.6 is 0 Å².